The van der Waals surface area contributed by atoms with E-state index in [1.54, 1.807) is 6.07 Å². The van der Waals surface area contributed by atoms with Gasteiger partial charge in [-0.1, -0.05) is 12.1 Å². The highest BCUT2D eigenvalue weighted by Crippen LogP contribution is 2.29. The SMILES string of the molecule is CC1(c2nc(-c3cccc(F)c3)c[nH]2)CCCCN1. The second kappa shape index (κ2) is 4.78. The minimum absolute atomic E-state index is 0.0934. The molecule has 1 atom stereocenters. The van der Waals surface area contributed by atoms with Crippen LogP contribution >= 0.6 is 0 Å². The lowest BCUT2D eigenvalue weighted by atomic mass is 9.90. The predicted molar refractivity (Wildman–Crippen MR) is 73.2 cm³/mol. The zero-order valence-corrected chi connectivity index (χ0v) is 11.0. The van der Waals surface area contributed by atoms with E-state index in [-0.39, 0.29) is 11.4 Å². The fraction of sp³-hybridized carbons (Fsp3) is 0.400. The van der Waals surface area contributed by atoms with Gasteiger partial charge in [0.2, 0.25) is 0 Å². The van der Waals surface area contributed by atoms with Crippen LogP contribution in [0.15, 0.2) is 30.5 Å². The molecule has 1 aliphatic heterocycles. The van der Waals surface area contributed by atoms with E-state index in [9.17, 15) is 4.39 Å². The molecule has 0 bridgehead atoms. The van der Waals surface area contributed by atoms with Gasteiger partial charge in [0.15, 0.2) is 0 Å². The van der Waals surface area contributed by atoms with Crippen LogP contribution in [0.5, 0.6) is 0 Å². The average molecular weight is 259 g/mol. The Morgan fingerprint density at radius 1 is 1.32 bits per heavy atom. The van der Waals surface area contributed by atoms with Crippen molar-refractivity contribution in [1.82, 2.24) is 15.3 Å². The van der Waals surface area contributed by atoms with Crippen LogP contribution in [0.25, 0.3) is 11.3 Å². The number of rotatable bonds is 2. The Balaban J connectivity index is 1.91. The number of nitrogens with one attached hydrogen (secondary N) is 2. The van der Waals surface area contributed by atoms with Crippen molar-refractivity contribution in [2.24, 2.45) is 0 Å². The Morgan fingerprint density at radius 3 is 2.95 bits per heavy atom. The standard InChI is InChI=1S/C15H18FN3/c1-15(7-2-3-8-18-15)14-17-10-13(19-14)11-5-4-6-12(16)9-11/h4-6,9-10,18H,2-3,7-8H2,1H3,(H,17,19). The smallest absolute Gasteiger partial charge is 0.126 e. The van der Waals surface area contributed by atoms with Gasteiger partial charge in [-0.25, -0.2) is 9.37 Å². The number of hydrogen-bond donors (Lipinski definition) is 2. The van der Waals surface area contributed by atoms with Gasteiger partial charge in [-0.2, -0.15) is 0 Å². The summed E-state index contributed by atoms with van der Waals surface area (Å²) < 4.78 is 13.2. The summed E-state index contributed by atoms with van der Waals surface area (Å²) in [7, 11) is 0. The van der Waals surface area contributed by atoms with Gasteiger partial charge in [0.1, 0.15) is 11.6 Å². The van der Waals surface area contributed by atoms with Crippen molar-refractivity contribution in [1.29, 1.82) is 0 Å². The molecule has 1 aromatic heterocycles. The number of halogens is 1. The molecule has 0 radical (unpaired) electrons. The topological polar surface area (TPSA) is 40.7 Å². The molecule has 2 heterocycles. The molecule has 4 heteroatoms. The molecule has 2 aromatic rings. The van der Waals surface area contributed by atoms with Crippen molar-refractivity contribution in [2.75, 3.05) is 6.54 Å². The third-order valence-corrected chi connectivity index (χ3v) is 3.84. The molecule has 1 saturated heterocycles. The van der Waals surface area contributed by atoms with Gasteiger partial charge in [0, 0.05) is 11.8 Å². The maximum absolute atomic E-state index is 13.2. The fourth-order valence-electron chi connectivity index (χ4n) is 2.66. The molecule has 1 unspecified atom stereocenters. The number of aromatic nitrogens is 2. The zero-order chi connectivity index (χ0) is 13.3. The molecular weight excluding hydrogens is 241 g/mol. The molecule has 0 amide bonds. The molecule has 0 spiro atoms. The Morgan fingerprint density at radius 2 is 2.21 bits per heavy atom. The lowest BCUT2D eigenvalue weighted by Crippen LogP contribution is -2.44. The van der Waals surface area contributed by atoms with Crippen molar-refractivity contribution in [3.05, 3.63) is 42.1 Å². The zero-order valence-electron chi connectivity index (χ0n) is 11.0. The van der Waals surface area contributed by atoms with Crippen LogP contribution in [0.2, 0.25) is 0 Å². The number of piperidine rings is 1. The van der Waals surface area contributed by atoms with E-state index in [1.807, 2.05) is 12.3 Å². The average Bonchev–Trinajstić information content (AvgIpc) is 2.90. The minimum Gasteiger partial charge on any atom is -0.346 e. The first-order valence-corrected chi connectivity index (χ1v) is 6.74. The van der Waals surface area contributed by atoms with E-state index < -0.39 is 0 Å². The van der Waals surface area contributed by atoms with E-state index in [4.69, 9.17) is 0 Å². The Labute approximate surface area is 112 Å². The number of imidazole rings is 1. The molecule has 19 heavy (non-hydrogen) atoms. The van der Waals surface area contributed by atoms with Crippen LogP contribution in [0, 0.1) is 5.82 Å². The highest BCUT2D eigenvalue weighted by molar-refractivity contribution is 5.58. The molecule has 1 aromatic carbocycles. The predicted octanol–water partition coefficient (Wildman–Crippen LogP) is 3.20. The summed E-state index contributed by atoms with van der Waals surface area (Å²) in [5, 5.41) is 3.52. The monoisotopic (exact) mass is 259 g/mol. The summed E-state index contributed by atoms with van der Waals surface area (Å²) in [6.45, 7) is 3.19. The first-order chi connectivity index (χ1) is 9.17. The highest BCUT2D eigenvalue weighted by atomic mass is 19.1. The molecular formula is C15H18FN3. The van der Waals surface area contributed by atoms with E-state index >= 15 is 0 Å². The van der Waals surface area contributed by atoms with Crippen LogP contribution in [0.4, 0.5) is 4.39 Å². The molecule has 3 nitrogen and oxygen atoms in total. The normalized spacial score (nSPS) is 23.5. The van der Waals surface area contributed by atoms with E-state index in [0.717, 1.165) is 30.0 Å². The van der Waals surface area contributed by atoms with E-state index in [0.29, 0.717) is 0 Å². The minimum atomic E-state index is -0.232. The molecule has 0 saturated carbocycles. The fourth-order valence-corrected chi connectivity index (χ4v) is 2.66. The summed E-state index contributed by atoms with van der Waals surface area (Å²) in [5.41, 5.74) is 1.51. The number of benzene rings is 1. The third-order valence-electron chi connectivity index (χ3n) is 3.84. The summed E-state index contributed by atoms with van der Waals surface area (Å²) in [6, 6.07) is 6.54. The van der Waals surface area contributed by atoms with Crippen LogP contribution < -0.4 is 5.32 Å². The van der Waals surface area contributed by atoms with E-state index in [1.165, 1.54) is 25.0 Å². The second-order valence-electron chi connectivity index (χ2n) is 5.36. The summed E-state index contributed by atoms with van der Waals surface area (Å²) >= 11 is 0. The summed E-state index contributed by atoms with van der Waals surface area (Å²) in [5.74, 6) is 0.704. The van der Waals surface area contributed by atoms with Gasteiger partial charge < -0.3 is 10.3 Å². The Kier molecular flexibility index (Phi) is 3.11. The van der Waals surface area contributed by atoms with Crippen LogP contribution in [0.3, 0.4) is 0 Å². The number of H-pyrrole nitrogens is 1. The van der Waals surface area contributed by atoms with Gasteiger partial charge in [-0.15, -0.1) is 0 Å². The molecule has 100 valence electrons. The lowest BCUT2D eigenvalue weighted by Gasteiger charge is -2.33. The maximum Gasteiger partial charge on any atom is 0.126 e. The molecule has 0 aliphatic carbocycles. The van der Waals surface area contributed by atoms with Crippen molar-refractivity contribution in [2.45, 2.75) is 31.7 Å². The maximum atomic E-state index is 13.2. The van der Waals surface area contributed by atoms with Gasteiger partial charge in [-0.3, -0.25) is 0 Å². The molecule has 3 rings (SSSR count). The number of nitrogens with zero attached hydrogens (tertiary/aromatic N) is 1. The first kappa shape index (κ1) is 12.4. The van der Waals surface area contributed by atoms with Crippen molar-refractivity contribution in [3.8, 4) is 11.3 Å². The van der Waals surface area contributed by atoms with Crippen molar-refractivity contribution in [3.63, 3.8) is 0 Å². The Hall–Kier alpha value is -1.68. The quantitative estimate of drug-likeness (QED) is 0.869. The first-order valence-electron chi connectivity index (χ1n) is 6.74. The third kappa shape index (κ3) is 2.40. The van der Waals surface area contributed by atoms with Gasteiger partial charge in [0.25, 0.3) is 0 Å². The molecule has 1 aliphatic rings. The Bertz CT molecular complexity index is 570. The van der Waals surface area contributed by atoms with Crippen molar-refractivity contribution >= 4 is 0 Å². The number of hydrogen-bond acceptors (Lipinski definition) is 2. The van der Waals surface area contributed by atoms with Crippen molar-refractivity contribution < 1.29 is 4.39 Å². The van der Waals surface area contributed by atoms with Crippen LogP contribution in [-0.4, -0.2) is 16.5 Å². The molecule has 2 N–H and O–H groups in total. The largest absolute Gasteiger partial charge is 0.346 e. The van der Waals surface area contributed by atoms with Gasteiger partial charge in [-0.05, 0) is 44.9 Å². The second-order valence-corrected chi connectivity index (χ2v) is 5.36. The lowest BCUT2D eigenvalue weighted by molar-refractivity contribution is 0.270. The molecule has 1 fully saturated rings. The number of aromatic amines is 1. The van der Waals surface area contributed by atoms with Gasteiger partial charge in [0.05, 0.1) is 11.2 Å². The van der Waals surface area contributed by atoms with Crippen LogP contribution in [-0.2, 0) is 5.54 Å². The summed E-state index contributed by atoms with van der Waals surface area (Å²) in [4.78, 5) is 7.87. The summed E-state index contributed by atoms with van der Waals surface area (Å²) in [6.07, 6.45) is 5.35. The highest BCUT2D eigenvalue weighted by Gasteiger charge is 2.31. The van der Waals surface area contributed by atoms with E-state index in [2.05, 4.69) is 22.2 Å². The van der Waals surface area contributed by atoms with Crippen LogP contribution in [0.1, 0.15) is 32.0 Å². The van der Waals surface area contributed by atoms with Gasteiger partial charge >= 0.3 is 0 Å².